The van der Waals surface area contributed by atoms with Gasteiger partial charge in [0, 0.05) is 30.2 Å². The number of carbonyl (C=O) groups is 1. The number of carbonyl (C=O) groups excluding carboxylic acids is 1. The number of hydrogen-bond donors (Lipinski definition) is 1. The van der Waals surface area contributed by atoms with Crippen LogP contribution in [0.3, 0.4) is 0 Å². The molecular weight excluding hydrogens is 416 g/mol. The molecule has 3 aromatic rings. The number of nitrogens with zero attached hydrogens (tertiary/aromatic N) is 3. The number of rotatable bonds is 7. The first kappa shape index (κ1) is 22.2. The third kappa shape index (κ3) is 4.50. The minimum Gasteiger partial charge on any atom is -0.324 e. The van der Waals surface area contributed by atoms with E-state index in [1.54, 1.807) is 50.2 Å². The van der Waals surface area contributed by atoms with Crippen molar-refractivity contribution in [2.75, 3.05) is 18.4 Å². The summed E-state index contributed by atoms with van der Waals surface area (Å²) in [6.45, 7) is 3.91. The zero-order valence-electron chi connectivity index (χ0n) is 17.2. The highest BCUT2D eigenvalue weighted by Gasteiger charge is 2.22. The fourth-order valence-corrected chi connectivity index (χ4v) is 4.89. The molecule has 0 aliphatic carbocycles. The van der Waals surface area contributed by atoms with E-state index in [0.717, 1.165) is 0 Å². The average Bonchev–Trinajstić information content (AvgIpc) is 2.76. The zero-order valence-corrected chi connectivity index (χ0v) is 18.0. The summed E-state index contributed by atoms with van der Waals surface area (Å²) in [5.74, 6) is -0.491. The number of para-hydroxylation sites is 1. The third-order valence-corrected chi connectivity index (χ3v) is 6.95. The Morgan fingerprint density at radius 3 is 2.48 bits per heavy atom. The number of sulfonamides is 1. The molecule has 0 aliphatic heterocycles. The molecule has 3 rings (SSSR count). The van der Waals surface area contributed by atoms with Crippen LogP contribution in [0, 0.1) is 11.3 Å². The van der Waals surface area contributed by atoms with E-state index >= 15 is 0 Å². The maximum absolute atomic E-state index is 12.7. The first-order valence-corrected chi connectivity index (χ1v) is 11.2. The second-order valence-corrected chi connectivity index (χ2v) is 8.71. The van der Waals surface area contributed by atoms with Crippen LogP contribution in [0.25, 0.3) is 10.9 Å². The lowest BCUT2D eigenvalue weighted by molar-refractivity contribution is -0.116. The van der Waals surface area contributed by atoms with Gasteiger partial charge in [0.2, 0.25) is 15.9 Å². The Hall–Kier alpha value is -3.48. The Labute approximate surface area is 180 Å². The van der Waals surface area contributed by atoms with Crippen LogP contribution >= 0.6 is 0 Å². The maximum atomic E-state index is 12.7. The molecule has 0 unspecified atom stereocenters. The highest BCUT2D eigenvalue weighted by Crippen LogP contribution is 2.20. The number of benzene rings is 2. The van der Waals surface area contributed by atoms with E-state index in [0.29, 0.717) is 29.7 Å². The van der Waals surface area contributed by atoms with E-state index in [2.05, 4.69) is 5.32 Å². The van der Waals surface area contributed by atoms with E-state index in [1.807, 2.05) is 6.07 Å². The molecule has 1 aromatic heterocycles. The Morgan fingerprint density at radius 1 is 1.10 bits per heavy atom. The van der Waals surface area contributed by atoms with Crippen LogP contribution in [0.4, 0.5) is 5.69 Å². The van der Waals surface area contributed by atoms with Gasteiger partial charge in [-0.25, -0.2) is 8.42 Å². The first-order valence-electron chi connectivity index (χ1n) is 9.74. The third-order valence-electron chi connectivity index (χ3n) is 4.90. The molecule has 8 nitrogen and oxygen atoms in total. The predicted octanol–water partition coefficient (Wildman–Crippen LogP) is 2.54. The Kier molecular flexibility index (Phi) is 6.53. The van der Waals surface area contributed by atoms with Gasteiger partial charge in [-0.3, -0.25) is 14.2 Å². The maximum Gasteiger partial charge on any atom is 0.252 e. The average molecular weight is 439 g/mol. The molecule has 0 radical (unpaired) electrons. The van der Waals surface area contributed by atoms with Crippen LogP contribution in [-0.2, 0) is 21.4 Å². The standard InChI is InChI=1S/C22H22N4O4S/c1-3-25(4-2)31(29,30)18-9-7-8-17(13-18)24-21(27)15-26-20-11-6-5-10-19(20)16(14-23)12-22(26)28/h5-13H,3-4,15H2,1-2H3,(H,24,27). The quantitative estimate of drug-likeness (QED) is 0.609. The van der Waals surface area contributed by atoms with Gasteiger partial charge < -0.3 is 5.32 Å². The predicted molar refractivity (Wildman–Crippen MR) is 118 cm³/mol. The molecule has 1 heterocycles. The Balaban J connectivity index is 1.89. The van der Waals surface area contributed by atoms with Crippen LogP contribution in [-0.4, -0.2) is 36.3 Å². The van der Waals surface area contributed by atoms with E-state index in [1.165, 1.54) is 27.1 Å². The highest BCUT2D eigenvalue weighted by molar-refractivity contribution is 7.89. The number of pyridine rings is 1. The van der Waals surface area contributed by atoms with Crippen molar-refractivity contribution in [3.8, 4) is 6.07 Å². The van der Waals surface area contributed by atoms with Crippen LogP contribution in [0.2, 0.25) is 0 Å². The first-order chi connectivity index (χ1) is 14.8. The lowest BCUT2D eigenvalue weighted by atomic mass is 10.1. The van der Waals surface area contributed by atoms with Crippen molar-refractivity contribution in [1.82, 2.24) is 8.87 Å². The largest absolute Gasteiger partial charge is 0.324 e. The van der Waals surface area contributed by atoms with Crippen LogP contribution in [0.15, 0.2) is 64.3 Å². The summed E-state index contributed by atoms with van der Waals surface area (Å²) in [6.07, 6.45) is 0. The van der Waals surface area contributed by atoms with E-state index in [9.17, 15) is 23.3 Å². The van der Waals surface area contributed by atoms with Gasteiger partial charge in [0.1, 0.15) is 12.6 Å². The summed E-state index contributed by atoms with van der Waals surface area (Å²) in [7, 11) is -3.67. The number of aromatic nitrogens is 1. The van der Waals surface area contributed by atoms with Crippen molar-refractivity contribution < 1.29 is 13.2 Å². The normalized spacial score (nSPS) is 11.4. The number of hydrogen-bond acceptors (Lipinski definition) is 5. The molecule has 0 saturated carbocycles. The zero-order chi connectivity index (χ0) is 22.6. The fourth-order valence-electron chi connectivity index (χ4n) is 3.38. The van der Waals surface area contributed by atoms with Gasteiger partial charge >= 0.3 is 0 Å². The van der Waals surface area contributed by atoms with E-state index in [4.69, 9.17) is 0 Å². The Morgan fingerprint density at radius 2 is 1.81 bits per heavy atom. The molecule has 9 heteroatoms. The van der Waals surface area contributed by atoms with Gasteiger partial charge in [-0.1, -0.05) is 38.1 Å². The molecule has 0 saturated heterocycles. The van der Waals surface area contributed by atoms with Gasteiger partial charge in [0.15, 0.2) is 0 Å². The molecule has 0 bridgehead atoms. The second-order valence-electron chi connectivity index (χ2n) is 6.78. The Bertz CT molecular complexity index is 1340. The fraction of sp³-hybridized carbons (Fsp3) is 0.227. The van der Waals surface area contributed by atoms with Crippen LogP contribution < -0.4 is 10.9 Å². The summed E-state index contributed by atoms with van der Waals surface area (Å²) in [4.78, 5) is 25.2. The molecule has 0 fully saturated rings. The molecule has 160 valence electrons. The number of fused-ring (bicyclic) bond motifs is 1. The van der Waals surface area contributed by atoms with Crippen molar-refractivity contribution in [2.45, 2.75) is 25.3 Å². The van der Waals surface area contributed by atoms with Gasteiger partial charge in [-0.15, -0.1) is 0 Å². The van der Waals surface area contributed by atoms with Crippen molar-refractivity contribution in [1.29, 1.82) is 5.26 Å². The summed E-state index contributed by atoms with van der Waals surface area (Å²) in [5, 5.41) is 12.5. The van der Waals surface area contributed by atoms with Crippen molar-refractivity contribution >= 4 is 32.5 Å². The van der Waals surface area contributed by atoms with Crippen LogP contribution in [0.5, 0.6) is 0 Å². The smallest absolute Gasteiger partial charge is 0.252 e. The lowest BCUT2D eigenvalue weighted by Crippen LogP contribution is -2.30. The van der Waals surface area contributed by atoms with Gasteiger partial charge in [-0.2, -0.15) is 9.57 Å². The molecule has 2 aromatic carbocycles. The summed E-state index contributed by atoms with van der Waals surface area (Å²) < 4.78 is 28.0. The topological polar surface area (TPSA) is 112 Å². The number of nitrogens with one attached hydrogen (secondary N) is 1. The van der Waals surface area contributed by atoms with Crippen LogP contribution in [0.1, 0.15) is 19.4 Å². The molecule has 0 spiro atoms. The van der Waals surface area contributed by atoms with Gasteiger partial charge in [0.25, 0.3) is 5.56 Å². The monoisotopic (exact) mass is 438 g/mol. The van der Waals surface area contributed by atoms with Gasteiger partial charge in [0.05, 0.1) is 16.0 Å². The molecule has 1 amide bonds. The molecule has 0 aliphatic rings. The van der Waals surface area contributed by atoms with Crippen molar-refractivity contribution in [2.24, 2.45) is 0 Å². The molecular formula is C22H22N4O4S. The SMILES string of the molecule is CCN(CC)S(=O)(=O)c1cccc(NC(=O)Cn2c(=O)cc(C#N)c3ccccc32)c1. The summed E-state index contributed by atoms with van der Waals surface area (Å²) >= 11 is 0. The molecule has 1 N–H and O–H groups in total. The molecule has 31 heavy (non-hydrogen) atoms. The number of nitriles is 1. The molecule has 0 atom stereocenters. The lowest BCUT2D eigenvalue weighted by Gasteiger charge is -2.19. The van der Waals surface area contributed by atoms with Crippen molar-refractivity contribution in [3.05, 3.63) is 70.5 Å². The number of anilines is 1. The number of amides is 1. The summed E-state index contributed by atoms with van der Waals surface area (Å²) in [5.41, 5.74) is 0.554. The van der Waals surface area contributed by atoms with E-state index in [-0.39, 0.29) is 17.0 Å². The van der Waals surface area contributed by atoms with Crippen molar-refractivity contribution in [3.63, 3.8) is 0 Å². The minimum atomic E-state index is -3.67. The minimum absolute atomic E-state index is 0.0787. The summed E-state index contributed by atoms with van der Waals surface area (Å²) in [6, 6.07) is 16.0. The second kappa shape index (κ2) is 9.12. The van der Waals surface area contributed by atoms with E-state index < -0.39 is 21.5 Å². The highest BCUT2D eigenvalue weighted by atomic mass is 32.2. The van der Waals surface area contributed by atoms with Gasteiger partial charge in [-0.05, 0) is 24.3 Å².